The normalized spacial score (nSPS) is 13.1. The number of hydrogen-bond acceptors (Lipinski definition) is 3. The molecular weight excluding hydrogens is 176 g/mol. The molecule has 3 N–H and O–H groups in total. The Labute approximate surface area is 88.4 Å². The van der Waals surface area contributed by atoms with Crippen molar-refractivity contribution in [2.24, 2.45) is 5.84 Å². The predicted octanol–water partition coefficient (Wildman–Crippen LogP) is 2.22. The van der Waals surface area contributed by atoms with Gasteiger partial charge in [0.25, 0.3) is 0 Å². The van der Waals surface area contributed by atoms with Crippen LogP contribution in [0.2, 0.25) is 0 Å². The Morgan fingerprint density at radius 3 is 2.43 bits per heavy atom. The van der Waals surface area contributed by atoms with Crippen molar-refractivity contribution >= 4 is 0 Å². The van der Waals surface area contributed by atoms with Crippen molar-refractivity contribution in [2.45, 2.75) is 57.9 Å². The van der Waals surface area contributed by atoms with Crippen LogP contribution in [0.15, 0.2) is 0 Å². The monoisotopic (exact) mass is 202 g/mol. The van der Waals surface area contributed by atoms with Gasteiger partial charge in [0, 0.05) is 19.8 Å². The molecule has 0 heterocycles. The standard InChI is InChI=1S/C11H26N2O/c1-3-4-5-6-7-8-11(13-12)9-10-14-2/h11,13H,3-10,12H2,1-2H3. The zero-order chi connectivity index (χ0) is 10.6. The van der Waals surface area contributed by atoms with Crippen LogP contribution in [-0.2, 0) is 4.74 Å². The van der Waals surface area contributed by atoms with Crippen LogP contribution < -0.4 is 11.3 Å². The maximum absolute atomic E-state index is 5.45. The highest BCUT2D eigenvalue weighted by atomic mass is 16.5. The number of nitrogens with one attached hydrogen (secondary N) is 1. The highest BCUT2D eigenvalue weighted by molar-refractivity contribution is 4.62. The molecule has 86 valence electrons. The Morgan fingerprint density at radius 1 is 1.14 bits per heavy atom. The predicted molar refractivity (Wildman–Crippen MR) is 61.0 cm³/mol. The first kappa shape index (κ1) is 13.9. The van der Waals surface area contributed by atoms with Gasteiger partial charge in [0.05, 0.1) is 0 Å². The van der Waals surface area contributed by atoms with Crippen molar-refractivity contribution in [2.75, 3.05) is 13.7 Å². The molecule has 0 spiro atoms. The summed E-state index contributed by atoms with van der Waals surface area (Å²) >= 11 is 0. The molecule has 0 saturated carbocycles. The fourth-order valence-electron chi connectivity index (χ4n) is 1.57. The third kappa shape index (κ3) is 8.48. The van der Waals surface area contributed by atoms with E-state index < -0.39 is 0 Å². The van der Waals surface area contributed by atoms with Gasteiger partial charge in [-0.15, -0.1) is 0 Å². The average molecular weight is 202 g/mol. The summed E-state index contributed by atoms with van der Waals surface area (Å²) in [6, 6.07) is 0.427. The molecule has 1 atom stereocenters. The van der Waals surface area contributed by atoms with Crippen LogP contribution in [0.1, 0.15) is 51.9 Å². The number of ether oxygens (including phenoxy) is 1. The van der Waals surface area contributed by atoms with Gasteiger partial charge < -0.3 is 4.74 Å². The maximum Gasteiger partial charge on any atom is 0.0477 e. The molecule has 0 radical (unpaired) electrons. The number of nitrogens with two attached hydrogens (primary N) is 1. The minimum atomic E-state index is 0.427. The van der Waals surface area contributed by atoms with Crippen molar-refractivity contribution in [3.05, 3.63) is 0 Å². The Bertz CT molecular complexity index is 109. The van der Waals surface area contributed by atoms with Crippen molar-refractivity contribution in [1.29, 1.82) is 0 Å². The summed E-state index contributed by atoms with van der Waals surface area (Å²) in [6.07, 6.45) is 8.82. The zero-order valence-corrected chi connectivity index (χ0v) is 9.72. The van der Waals surface area contributed by atoms with Crippen molar-refractivity contribution in [3.8, 4) is 0 Å². The summed E-state index contributed by atoms with van der Waals surface area (Å²) < 4.78 is 5.02. The molecule has 0 aliphatic rings. The van der Waals surface area contributed by atoms with Crippen LogP contribution >= 0.6 is 0 Å². The quantitative estimate of drug-likeness (QED) is 0.324. The third-order valence-corrected chi connectivity index (χ3v) is 2.56. The average Bonchev–Trinajstić information content (AvgIpc) is 2.22. The van der Waals surface area contributed by atoms with E-state index in [0.29, 0.717) is 6.04 Å². The molecule has 0 aromatic heterocycles. The van der Waals surface area contributed by atoms with Crippen LogP contribution in [0, 0.1) is 0 Å². The first-order valence-electron chi connectivity index (χ1n) is 5.80. The van der Waals surface area contributed by atoms with Crippen molar-refractivity contribution in [1.82, 2.24) is 5.43 Å². The van der Waals surface area contributed by atoms with Gasteiger partial charge in [0.1, 0.15) is 0 Å². The number of hydrogen-bond donors (Lipinski definition) is 2. The third-order valence-electron chi connectivity index (χ3n) is 2.56. The van der Waals surface area contributed by atoms with Gasteiger partial charge in [-0.2, -0.15) is 0 Å². The number of hydrazine groups is 1. The highest BCUT2D eigenvalue weighted by Gasteiger charge is 2.04. The first-order valence-corrected chi connectivity index (χ1v) is 5.80. The van der Waals surface area contributed by atoms with Crippen LogP contribution in [0.25, 0.3) is 0 Å². The molecule has 0 aliphatic heterocycles. The van der Waals surface area contributed by atoms with Crippen LogP contribution in [0.3, 0.4) is 0 Å². The minimum Gasteiger partial charge on any atom is -0.385 e. The number of unbranched alkanes of at least 4 members (excludes halogenated alkanes) is 4. The summed E-state index contributed by atoms with van der Waals surface area (Å²) in [5, 5.41) is 0. The summed E-state index contributed by atoms with van der Waals surface area (Å²) in [5.41, 5.74) is 2.85. The fourth-order valence-corrected chi connectivity index (χ4v) is 1.57. The maximum atomic E-state index is 5.45. The molecular formula is C11H26N2O. The SMILES string of the molecule is CCCCCCCC(CCOC)NN. The van der Waals surface area contributed by atoms with E-state index in [0.717, 1.165) is 13.0 Å². The zero-order valence-electron chi connectivity index (χ0n) is 9.72. The van der Waals surface area contributed by atoms with Gasteiger partial charge in [-0.1, -0.05) is 39.0 Å². The van der Waals surface area contributed by atoms with Gasteiger partial charge in [-0.25, -0.2) is 0 Å². The summed E-state index contributed by atoms with van der Waals surface area (Å²) in [5.74, 6) is 5.45. The largest absolute Gasteiger partial charge is 0.385 e. The minimum absolute atomic E-state index is 0.427. The topological polar surface area (TPSA) is 47.3 Å². The molecule has 0 aromatic rings. The van der Waals surface area contributed by atoms with Gasteiger partial charge in [-0.05, 0) is 12.8 Å². The molecule has 3 heteroatoms. The Kier molecular flexibility index (Phi) is 10.9. The van der Waals surface area contributed by atoms with Gasteiger partial charge in [-0.3, -0.25) is 11.3 Å². The molecule has 1 unspecified atom stereocenters. The molecule has 3 nitrogen and oxygen atoms in total. The van der Waals surface area contributed by atoms with Crippen molar-refractivity contribution in [3.63, 3.8) is 0 Å². The lowest BCUT2D eigenvalue weighted by Gasteiger charge is -2.14. The molecule has 0 aromatic carbocycles. The molecule has 0 amide bonds. The first-order chi connectivity index (χ1) is 6.85. The molecule has 0 saturated heterocycles. The van der Waals surface area contributed by atoms with E-state index in [1.165, 1.54) is 38.5 Å². The lowest BCUT2D eigenvalue weighted by atomic mass is 10.0. The van der Waals surface area contributed by atoms with Crippen LogP contribution in [-0.4, -0.2) is 19.8 Å². The Hall–Kier alpha value is -0.120. The lowest BCUT2D eigenvalue weighted by molar-refractivity contribution is 0.180. The van der Waals surface area contributed by atoms with E-state index in [9.17, 15) is 0 Å². The molecule has 0 rings (SSSR count). The van der Waals surface area contributed by atoms with Gasteiger partial charge >= 0.3 is 0 Å². The molecule has 0 fully saturated rings. The van der Waals surface area contributed by atoms with Crippen LogP contribution in [0.5, 0.6) is 0 Å². The molecule has 14 heavy (non-hydrogen) atoms. The van der Waals surface area contributed by atoms with E-state index in [1.54, 1.807) is 7.11 Å². The molecule has 0 aliphatic carbocycles. The highest BCUT2D eigenvalue weighted by Crippen LogP contribution is 2.08. The van der Waals surface area contributed by atoms with E-state index in [1.807, 2.05) is 0 Å². The van der Waals surface area contributed by atoms with Crippen LogP contribution in [0.4, 0.5) is 0 Å². The van der Waals surface area contributed by atoms with Gasteiger partial charge in [0.15, 0.2) is 0 Å². The van der Waals surface area contributed by atoms with E-state index in [-0.39, 0.29) is 0 Å². The fraction of sp³-hybridized carbons (Fsp3) is 1.00. The summed E-state index contributed by atoms with van der Waals surface area (Å²) in [7, 11) is 1.73. The number of rotatable bonds is 10. The van der Waals surface area contributed by atoms with Crippen molar-refractivity contribution < 1.29 is 4.74 Å². The Morgan fingerprint density at radius 2 is 1.86 bits per heavy atom. The second-order valence-corrected chi connectivity index (χ2v) is 3.85. The Balaban J connectivity index is 3.24. The van der Waals surface area contributed by atoms with Gasteiger partial charge in [0.2, 0.25) is 0 Å². The smallest absolute Gasteiger partial charge is 0.0477 e. The van der Waals surface area contributed by atoms with E-state index >= 15 is 0 Å². The summed E-state index contributed by atoms with van der Waals surface area (Å²) in [6.45, 7) is 3.03. The van der Waals surface area contributed by atoms with E-state index in [4.69, 9.17) is 10.6 Å². The summed E-state index contributed by atoms with van der Waals surface area (Å²) in [4.78, 5) is 0. The lowest BCUT2D eigenvalue weighted by Crippen LogP contribution is -2.35. The molecule has 0 bridgehead atoms. The number of methoxy groups -OCH3 is 1. The second-order valence-electron chi connectivity index (χ2n) is 3.85. The van der Waals surface area contributed by atoms with E-state index in [2.05, 4.69) is 12.3 Å². The second kappa shape index (κ2) is 11.0.